The third-order valence-electron chi connectivity index (χ3n) is 2.92. The molecule has 0 bridgehead atoms. The summed E-state index contributed by atoms with van der Waals surface area (Å²) in [5, 5.41) is 3.26. The number of aromatic nitrogens is 3. The molecule has 2 aromatic rings. The Kier molecular flexibility index (Phi) is 2.25. The highest BCUT2D eigenvalue weighted by atomic mass is 16.4. The van der Waals surface area contributed by atoms with Crippen molar-refractivity contribution >= 4 is 0 Å². The molecule has 0 saturated carbocycles. The lowest BCUT2D eigenvalue weighted by Gasteiger charge is -2.27. The molecule has 0 atom stereocenters. The quantitative estimate of drug-likeness (QED) is 0.832. The Morgan fingerprint density at radius 3 is 3.00 bits per heavy atom. The van der Waals surface area contributed by atoms with Crippen LogP contribution in [0.4, 0.5) is 0 Å². The van der Waals surface area contributed by atoms with Crippen LogP contribution in [0.1, 0.15) is 23.3 Å². The zero-order valence-corrected chi connectivity index (χ0v) is 9.18. The first-order chi connectivity index (χ1) is 7.83. The topological polar surface area (TPSA) is 55.9 Å². The summed E-state index contributed by atoms with van der Waals surface area (Å²) in [4.78, 5) is 8.40. The number of hydrogen-bond donors (Lipinski definition) is 1. The van der Waals surface area contributed by atoms with E-state index in [1.165, 1.54) is 5.69 Å². The third kappa shape index (κ3) is 1.63. The van der Waals surface area contributed by atoms with Gasteiger partial charge >= 0.3 is 0 Å². The molecular weight excluding hydrogens is 204 g/mol. The predicted molar refractivity (Wildman–Crippen MR) is 58.2 cm³/mol. The van der Waals surface area contributed by atoms with Crippen molar-refractivity contribution in [3.63, 3.8) is 0 Å². The van der Waals surface area contributed by atoms with E-state index in [0.717, 1.165) is 24.7 Å². The van der Waals surface area contributed by atoms with E-state index >= 15 is 0 Å². The summed E-state index contributed by atoms with van der Waals surface area (Å²) < 4.78 is 7.58. The molecule has 0 aromatic carbocycles. The van der Waals surface area contributed by atoms with E-state index in [9.17, 15) is 0 Å². The van der Waals surface area contributed by atoms with Gasteiger partial charge in [-0.25, -0.2) is 9.97 Å². The number of rotatable bonds is 3. The highest BCUT2D eigenvalue weighted by Gasteiger charge is 2.22. The Morgan fingerprint density at radius 1 is 1.50 bits per heavy atom. The molecule has 16 heavy (non-hydrogen) atoms. The Hall–Kier alpha value is -1.62. The predicted octanol–water partition coefficient (Wildman–Crippen LogP) is 0.915. The van der Waals surface area contributed by atoms with Crippen LogP contribution < -0.4 is 5.32 Å². The van der Waals surface area contributed by atoms with Gasteiger partial charge in [0.05, 0.1) is 12.5 Å². The highest BCUT2D eigenvalue weighted by molar-refractivity contribution is 5.12. The van der Waals surface area contributed by atoms with E-state index in [2.05, 4.69) is 19.9 Å². The third-order valence-corrected chi connectivity index (χ3v) is 2.92. The van der Waals surface area contributed by atoms with Gasteiger partial charge in [-0.1, -0.05) is 0 Å². The molecule has 3 heterocycles. The molecule has 1 N–H and O–H groups in total. The average molecular weight is 218 g/mol. The summed E-state index contributed by atoms with van der Waals surface area (Å²) in [6.07, 6.45) is 5.52. The summed E-state index contributed by atoms with van der Waals surface area (Å²) >= 11 is 0. The fourth-order valence-electron chi connectivity index (χ4n) is 1.92. The van der Waals surface area contributed by atoms with Gasteiger partial charge in [-0.3, -0.25) is 0 Å². The summed E-state index contributed by atoms with van der Waals surface area (Å²) in [5.74, 6) is 2.17. The number of imidazole rings is 1. The Bertz CT molecular complexity index is 484. The summed E-state index contributed by atoms with van der Waals surface area (Å²) in [6, 6.07) is 0. The number of oxazole rings is 1. The number of hydrogen-bond acceptors (Lipinski definition) is 4. The Morgan fingerprint density at radius 2 is 2.38 bits per heavy atom. The maximum Gasteiger partial charge on any atom is 0.214 e. The number of nitrogens with one attached hydrogen (secondary N) is 1. The maximum atomic E-state index is 5.47. The van der Waals surface area contributed by atoms with Gasteiger partial charge in [-0.05, 0) is 6.92 Å². The minimum absolute atomic E-state index is 0.582. The van der Waals surface area contributed by atoms with Crippen molar-refractivity contribution in [2.75, 3.05) is 13.1 Å². The second kappa shape index (κ2) is 3.75. The van der Waals surface area contributed by atoms with Crippen molar-refractivity contribution in [1.82, 2.24) is 19.9 Å². The SMILES string of the molecule is Cc1cnc(Cn2cncc2C2CNC2)o1. The largest absolute Gasteiger partial charge is 0.444 e. The molecule has 5 heteroatoms. The molecule has 0 spiro atoms. The van der Waals surface area contributed by atoms with Crippen LogP contribution in [-0.2, 0) is 6.54 Å². The molecule has 84 valence electrons. The Balaban J connectivity index is 1.81. The zero-order chi connectivity index (χ0) is 11.0. The molecule has 0 amide bonds. The lowest BCUT2D eigenvalue weighted by atomic mass is 10.00. The smallest absolute Gasteiger partial charge is 0.214 e. The van der Waals surface area contributed by atoms with E-state index in [1.54, 1.807) is 6.20 Å². The van der Waals surface area contributed by atoms with Crippen molar-refractivity contribution in [2.45, 2.75) is 19.4 Å². The fraction of sp³-hybridized carbons (Fsp3) is 0.455. The van der Waals surface area contributed by atoms with Crippen LogP contribution in [-0.4, -0.2) is 27.6 Å². The van der Waals surface area contributed by atoms with Crippen LogP contribution in [0.3, 0.4) is 0 Å². The van der Waals surface area contributed by atoms with Gasteiger partial charge in [0.1, 0.15) is 12.3 Å². The summed E-state index contributed by atoms with van der Waals surface area (Å²) in [5.41, 5.74) is 1.26. The van der Waals surface area contributed by atoms with E-state index in [1.807, 2.05) is 19.4 Å². The summed E-state index contributed by atoms with van der Waals surface area (Å²) in [7, 11) is 0. The number of aryl methyl sites for hydroxylation is 1. The lowest BCUT2D eigenvalue weighted by Crippen LogP contribution is -2.40. The standard InChI is InChI=1S/C11H14N4O/c1-8-2-14-11(16-8)6-15-7-13-5-10(15)9-3-12-4-9/h2,5,7,9,12H,3-4,6H2,1H3. The average Bonchev–Trinajstić information content (AvgIpc) is 2.75. The molecule has 1 aliphatic heterocycles. The lowest BCUT2D eigenvalue weighted by molar-refractivity contribution is 0.412. The van der Waals surface area contributed by atoms with E-state index in [0.29, 0.717) is 12.5 Å². The molecule has 5 nitrogen and oxygen atoms in total. The minimum Gasteiger partial charge on any atom is -0.444 e. The molecule has 1 fully saturated rings. The normalized spacial score (nSPS) is 16.3. The van der Waals surface area contributed by atoms with Crippen LogP contribution in [0.5, 0.6) is 0 Å². The second-order valence-electron chi connectivity index (χ2n) is 4.17. The van der Waals surface area contributed by atoms with Gasteiger partial charge < -0.3 is 14.3 Å². The molecule has 2 aromatic heterocycles. The van der Waals surface area contributed by atoms with Gasteiger partial charge in [0.25, 0.3) is 0 Å². The van der Waals surface area contributed by atoms with Crippen LogP contribution in [0.15, 0.2) is 23.1 Å². The van der Waals surface area contributed by atoms with Crippen molar-refractivity contribution < 1.29 is 4.42 Å². The molecule has 0 unspecified atom stereocenters. The zero-order valence-electron chi connectivity index (χ0n) is 9.18. The maximum absolute atomic E-state index is 5.47. The van der Waals surface area contributed by atoms with E-state index < -0.39 is 0 Å². The van der Waals surface area contributed by atoms with Crippen LogP contribution >= 0.6 is 0 Å². The van der Waals surface area contributed by atoms with Gasteiger partial charge in [0, 0.05) is 30.9 Å². The van der Waals surface area contributed by atoms with Crippen LogP contribution in [0.2, 0.25) is 0 Å². The van der Waals surface area contributed by atoms with Crippen LogP contribution in [0, 0.1) is 6.92 Å². The van der Waals surface area contributed by atoms with Crippen molar-refractivity contribution in [3.05, 3.63) is 36.1 Å². The Labute approximate surface area is 93.5 Å². The molecule has 1 aliphatic rings. The first kappa shape index (κ1) is 9.59. The molecule has 0 aliphatic carbocycles. The van der Waals surface area contributed by atoms with E-state index in [-0.39, 0.29) is 0 Å². The van der Waals surface area contributed by atoms with Gasteiger partial charge in [0.15, 0.2) is 0 Å². The van der Waals surface area contributed by atoms with Crippen molar-refractivity contribution in [2.24, 2.45) is 0 Å². The first-order valence-electron chi connectivity index (χ1n) is 5.45. The van der Waals surface area contributed by atoms with E-state index in [4.69, 9.17) is 4.42 Å². The second-order valence-corrected chi connectivity index (χ2v) is 4.17. The fourth-order valence-corrected chi connectivity index (χ4v) is 1.92. The minimum atomic E-state index is 0.582. The van der Waals surface area contributed by atoms with Gasteiger partial charge in [-0.15, -0.1) is 0 Å². The summed E-state index contributed by atoms with van der Waals surface area (Å²) in [6.45, 7) is 4.65. The highest BCUT2D eigenvalue weighted by Crippen LogP contribution is 2.20. The van der Waals surface area contributed by atoms with Crippen LogP contribution in [0.25, 0.3) is 0 Å². The molecule has 1 saturated heterocycles. The van der Waals surface area contributed by atoms with Crippen molar-refractivity contribution in [1.29, 1.82) is 0 Å². The molecule has 3 rings (SSSR count). The molecular formula is C11H14N4O. The molecule has 0 radical (unpaired) electrons. The number of nitrogens with zero attached hydrogens (tertiary/aromatic N) is 3. The first-order valence-corrected chi connectivity index (χ1v) is 5.45. The van der Waals surface area contributed by atoms with Gasteiger partial charge in [0.2, 0.25) is 5.89 Å². The van der Waals surface area contributed by atoms with Gasteiger partial charge in [-0.2, -0.15) is 0 Å². The van der Waals surface area contributed by atoms with Crippen molar-refractivity contribution in [3.8, 4) is 0 Å². The monoisotopic (exact) mass is 218 g/mol.